The molecule has 3 aromatic rings. The van der Waals surface area contributed by atoms with Gasteiger partial charge in [0.05, 0.1) is 34.8 Å². The number of anilines is 1. The van der Waals surface area contributed by atoms with E-state index in [1.165, 1.54) is 32.2 Å². The number of nitrogens with zero attached hydrogens (tertiary/aromatic N) is 3. The average Bonchev–Trinajstić information content (AvgIpc) is 3.16. The Morgan fingerprint density at radius 2 is 2.07 bits per heavy atom. The summed E-state index contributed by atoms with van der Waals surface area (Å²) in [7, 11) is -3.20. The number of carbonyl (C=O) groups excluding carboxylic acids is 1. The summed E-state index contributed by atoms with van der Waals surface area (Å²) in [5.41, 5.74) is 0.840. The van der Waals surface area contributed by atoms with Gasteiger partial charge in [-0.05, 0) is 65.0 Å². The van der Waals surface area contributed by atoms with Crippen molar-refractivity contribution < 1.29 is 34.9 Å². The monoisotopic (exact) mass is 665 g/mol. The van der Waals surface area contributed by atoms with Crippen molar-refractivity contribution in [2.75, 3.05) is 32.2 Å². The summed E-state index contributed by atoms with van der Waals surface area (Å²) in [6, 6.07) is 5.38. The second-order valence-electron chi connectivity index (χ2n) is 9.89. The Balaban J connectivity index is 1.42. The Morgan fingerprint density at radius 1 is 1.31 bits per heavy atom. The highest BCUT2D eigenvalue weighted by molar-refractivity contribution is 9.10. The predicted molar refractivity (Wildman–Crippen MR) is 156 cm³/mol. The zero-order valence-corrected chi connectivity index (χ0v) is 25.2. The van der Waals surface area contributed by atoms with Gasteiger partial charge in [0.15, 0.2) is 0 Å². The van der Waals surface area contributed by atoms with Gasteiger partial charge in [0.2, 0.25) is 21.9 Å². The molecule has 0 unspecified atom stereocenters. The van der Waals surface area contributed by atoms with Gasteiger partial charge in [-0.3, -0.25) is 4.79 Å². The highest BCUT2D eigenvalue weighted by atomic mass is 79.9. The predicted octanol–water partition coefficient (Wildman–Crippen LogP) is 3.39. The van der Waals surface area contributed by atoms with Crippen molar-refractivity contribution in [2.24, 2.45) is 0 Å². The molecule has 11 nitrogen and oxygen atoms in total. The van der Waals surface area contributed by atoms with Crippen molar-refractivity contribution in [3.8, 4) is 17.0 Å². The third kappa shape index (κ3) is 6.27. The van der Waals surface area contributed by atoms with E-state index in [1.54, 1.807) is 12.3 Å². The van der Waals surface area contributed by atoms with Crippen molar-refractivity contribution in [3.63, 3.8) is 0 Å². The molecule has 0 bridgehead atoms. The zero-order valence-electron chi connectivity index (χ0n) is 24.8. The molecule has 5 rings (SSSR count). The van der Waals surface area contributed by atoms with E-state index in [0.29, 0.717) is 39.2 Å². The smallest absolute Gasteiger partial charge is 0.244 e. The molecule has 0 aliphatic carbocycles. The SMILES string of the molecule is [2H]C1([2H])c2ccc(-c3nc(NC4CCOCC4)ncc3Br)cc2S(=O)(=O)N1[C@H](C)C(=O)N[C@H](CO)c1cc(F)cc(OC)c1. The normalized spacial score (nSPS) is 20.1. The van der Waals surface area contributed by atoms with Gasteiger partial charge in [-0.15, -0.1) is 0 Å². The van der Waals surface area contributed by atoms with Crippen molar-refractivity contribution in [2.45, 2.75) is 49.3 Å². The summed E-state index contributed by atoms with van der Waals surface area (Å²) in [6.45, 7) is -0.725. The first-order valence-corrected chi connectivity index (χ1v) is 15.4. The third-order valence-electron chi connectivity index (χ3n) is 7.08. The molecular formula is C28H31BrFN5O6S. The van der Waals surface area contributed by atoms with Crippen LogP contribution in [0.5, 0.6) is 5.75 Å². The van der Waals surface area contributed by atoms with Crippen molar-refractivity contribution in [1.82, 2.24) is 19.6 Å². The molecule has 1 saturated heterocycles. The summed E-state index contributed by atoms with van der Waals surface area (Å²) in [5.74, 6) is -1.04. The molecule has 1 fully saturated rings. The number of carbonyl (C=O) groups is 1. The second kappa shape index (κ2) is 12.6. The average molecular weight is 667 g/mol. The molecule has 1 aromatic heterocycles. The topological polar surface area (TPSA) is 143 Å². The van der Waals surface area contributed by atoms with Crippen LogP contribution in [0.1, 0.15) is 39.7 Å². The third-order valence-corrected chi connectivity index (χ3v) is 9.48. The molecule has 14 heteroatoms. The minimum Gasteiger partial charge on any atom is -0.497 e. The highest BCUT2D eigenvalue weighted by Gasteiger charge is 2.41. The van der Waals surface area contributed by atoms with Crippen LogP contribution in [0.4, 0.5) is 10.3 Å². The van der Waals surface area contributed by atoms with Crippen LogP contribution in [0.3, 0.4) is 0 Å². The Morgan fingerprint density at radius 3 is 2.79 bits per heavy atom. The van der Waals surface area contributed by atoms with E-state index in [-0.39, 0.29) is 27.8 Å². The number of aromatic nitrogens is 2. The number of hydrogen-bond acceptors (Lipinski definition) is 9. The number of benzene rings is 2. The summed E-state index contributed by atoms with van der Waals surface area (Å²) in [4.78, 5) is 21.9. The first-order valence-electron chi connectivity index (χ1n) is 14.2. The van der Waals surface area contributed by atoms with Crippen LogP contribution in [0.2, 0.25) is 0 Å². The minimum atomic E-state index is -4.53. The number of methoxy groups -OCH3 is 1. The van der Waals surface area contributed by atoms with Crippen LogP contribution in [0, 0.1) is 5.82 Å². The number of ether oxygens (including phenoxy) is 2. The van der Waals surface area contributed by atoms with Crippen molar-refractivity contribution in [3.05, 3.63) is 64.0 Å². The molecule has 0 saturated carbocycles. The fraction of sp³-hybridized carbons (Fsp3) is 0.393. The van der Waals surface area contributed by atoms with E-state index in [1.807, 2.05) is 0 Å². The molecule has 2 aliphatic rings. The molecule has 0 spiro atoms. The molecule has 2 aromatic carbocycles. The lowest BCUT2D eigenvalue weighted by Crippen LogP contribution is -2.46. The Kier molecular flexibility index (Phi) is 8.29. The maximum Gasteiger partial charge on any atom is 0.244 e. The Hall–Kier alpha value is -3.17. The number of hydrogen-bond donors (Lipinski definition) is 3. The minimum absolute atomic E-state index is 0.125. The summed E-state index contributed by atoms with van der Waals surface area (Å²) in [5, 5.41) is 15.7. The molecular weight excluding hydrogens is 633 g/mol. The van der Waals surface area contributed by atoms with Crippen LogP contribution >= 0.6 is 15.9 Å². The number of amides is 1. The number of rotatable bonds is 9. The first-order chi connectivity index (χ1) is 20.9. The van der Waals surface area contributed by atoms with Gasteiger partial charge in [-0.25, -0.2) is 22.8 Å². The molecule has 224 valence electrons. The lowest BCUT2D eigenvalue weighted by molar-refractivity contribution is -0.125. The molecule has 42 heavy (non-hydrogen) atoms. The molecule has 2 atom stereocenters. The number of aliphatic hydroxyl groups excluding tert-OH is 1. The molecule has 3 heterocycles. The van der Waals surface area contributed by atoms with Gasteiger partial charge in [0, 0.05) is 46.3 Å². The summed E-state index contributed by atoms with van der Waals surface area (Å²) in [6.07, 6.45) is 3.13. The summed E-state index contributed by atoms with van der Waals surface area (Å²) < 4.78 is 70.6. The number of nitrogens with one attached hydrogen (secondary N) is 2. The van der Waals surface area contributed by atoms with Crippen LogP contribution in [-0.4, -0.2) is 72.7 Å². The Bertz CT molecular complexity index is 1680. The Labute approximate surface area is 254 Å². The fourth-order valence-corrected chi connectivity index (χ4v) is 6.80. The molecule has 0 radical (unpaired) electrons. The van der Waals surface area contributed by atoms with Crippen LogP contribution < -0.4 is 15.4 Å². The van der Waals surface area contributed by atoms with Crippen LogP contribution in [0.15, 0.2) is 52.0 Å². The van der Waals surface area contributed by atoms with Crippen LogP contribution in [-0.2, 0) is 26.1 Å². The molecule has 1 amide bonds. The molecule has 3 N–H and O–H groups in total. The van der Waals surface area contributed by atoms with E-state index in [9.17, 15) is 22.7 Å². The van der Waals surface area contributed by atoms with Crippen molar-refractivity contribution in [1.29, 1.82) is 0 Å². The van der Waals surface area contributed by atoms with E-state index >= 15 is 0 Å². The summed E-state index contributed by atoms with van der Waals surface area (Å²) >= 11 is 3.43. The van der Waals surface area contributed by atoms with Gasteiger partial charge in [-0.2, -0.15) is 4.31 Å². The van der Waals surface area contributed by atoms with E-state index in [0.717, 1.165) is 25.0 Å². The zero-order chi connectivity index (χ0) is 31.8. The number of fused-ring (bicyclic) bond motifs is 1. The number of halogens is 2. The van der Waals surface area contributed by atoms with Gasteiger partial charge >= 0.3 is 0 Å². The second-order valence-corrected chi connectivity index (χ2v) is 12.5. The van der Waals surface area contributed by atoms with E-state index in [2.05, 4.69) is 36.5 Å². The van der Waals surface area contributed by atoms with Gasteiger partial charge in [0.25, 0.3) is 0 Å². The maximum absolute atomic E-state index is 14.1. The van der Waals surface area contributed by atoms with Gasteiger partial charge in [0.1, 0.15) is 17.6 Å². The fourth-order valence-electron chi connectivity index (χ4n) is 4.77. The van der Waals surface area contributed by atoms with Crippen molar-refractivity contribution >= 4 is 37.8 Å². The largest absolute Gasteiger partial charge is 0.497 e. The lowest BCUT2D eigenvalue weighted by atomic mass is 10.1. The van der Waals surface area contributed by atoms with Gasteiger partial charge < -0.3 is 25.2 Å². The number of sulfonamides is 1. The standard InChI is InChI=1S/C28H31BrFN5O6S/c1-16(27(37)33-24(15-36)19-9-20(30)12-22(10-19)40-2)35-14-18-4-3-17(11-25(18)42(35,38)39)26-23(29)13-31-28(34-26)32-21-5-7-41-8-6-21/h3-4,9-13,16,21,24,36H,5-8,14-15H2,1-2H3,(H,33,37)(H,31,32,34)/t16-,24-/m1/s1/i14D2. The maximum atomic E-state index is 14.1. The molecule has 2 aliphatic heterocycles. The van der Waals surface area contributed by atoms with Gasteiger partial charge in [-0.1, -0.05) is 12.1 Å². The highest BCUT2D eigenvalue weighted by Crippen LogP contribution is 2.37. The van der Waals surface area contributed by atoms with E-state index < -0.39 is 46.9 Å². The van der Waals surface area contributed by atoms with E-state index in [4.69, 9.17) is 12.2 Å². The van der Waals surface area contributed by atoms with Crippen LogP contribution in [0.25, 0.3) is 11.3 Å². The lowest BCUT2D eigenvalue weighted by Gasteiger charge is -2.25. The quantitative estimate of drug-likeness (QED) is 0.313. The first kappa shape index (κ1) is 27.7. The number of aliphatic hydroxyl groups is 1.